The van der Waals surface area contributed by atoms with Crippen LogP contribution in [0.1, 0.15) is 36.2 Å². The van der Waals surface area contributed by atoms with Crippen LogP contribution >= 0.6 is 0 Å². The lowest BCUT2D eigenvalue weighted by Crippen LogP contribution is -2.57. The summed E-state index contributed by atoms with van der Waals surface area (Å²) in [7, 11) is 0. The minimum Gasteiger partial charge on any atom is -0.451 e. The predicted octanol–water partition coefficient (Wildman–Crippen LogP) is 3.12. The number of hydrogen-bond acceptors (Lipinski definition) is 3. The van der Waals surface area contributed by atoms with Gasteiger partial charge in [0.15, 0.2) is 5.76 Å². The Morgan fingerprint density at radius 1 is 1.19 bits per heavy atom. The highest BCUT2D eigenvalue weighted by atomic mass is 16.5. The van der Waals surface area contributed by atoms with Gasteiger partial charge in [-0.05, 0) is 43.2 Å². The molecule has 0 radical (unpaired) electrons. The monoisotopic (exact) mass is 285 g/mol. The maximum Gasteiger partial charge on any atom is 0.287 e. The normalized spacial score (nSPS) is 23.9. The van der Waals surface area contributed by atoms with Crippen LogP contribution < -0.4 is 5.32 Å². The van der Waals surface area contributed by atoms with Crippen molar-refractivity contribution in [2.75, 3.05) is 13.2 Å². The van der Waals surface area contributed by atoms with Crippen molar-refractivity contribution in [1.82, 2.24) is 5.32 Å². The van der Waals surface area contributed by atoms with Crippen LogP contribution in [0.25, 0.3) is 11.0 Å². The van der Waals surface area contributed by atoms with E-state index >= 15 is 0 Å². The molecule has 1 spiro atoms. The molecule has 0 bridgehead atoms. The highest BCUT2D eigenvalue weighted by Crippen LogP contribution is 2.48. The maximum atomic E-state index is 12.4. The highest BCUT2D eigenvalue weighted by Gasteiger charge is 2.48. The van der Waals surface area contributed by atoms with Crippen molar-refractivity contribution < 1.29 is 13.9 Å². The third kappa shape index (κ3) is 2.14. The average Bonchev–Trinajstić information content (AvgIpc) is 2.96. The second-order valence-electron chi connectivity index (χ2n) is 6.19. The van der Waals surface area contributed by atoms with Crippen LogP contribution in [0.5, 0.6) is 0 Å². The molecule has 1 unspecified atom stereocenters. The number of hydrogen-bond donors (Lipinski definition) is 1. The van der Waals surface area contributed by atoms with Gasteiger partial charge in [0, 0.05) is 24.6 Å². The molecule has 4 rings (SSSR count). The molecular weight excluding hydrogens is 266 g/mol. The molecule has 4 nitrogen and oxygen atoms in total. The largest absolute Gasteiger partial charge is 0.451 e. The fourth-order valence-electron chi connectivity index (χ4n) is 3.62. The molecule has 21 heavy (non-hydrogen) atoms. The number of amides is 1. The first-order valence-corrected chi connectivity index (χ1v) is 7.64. The van der Waals surface area contributed by atoms with Crippen molar-refractivity contribution in [3.8, 4) is 0 Å². The van der Waals surface area contributed by atoms with Gasteiger partial charge in [0.05, 0.1) is 0 Å². The summed E-state index contributed by atoms with van der Waals surface area (Å²) in [4.78, 5) is 12.4. The maximum absolute atomic E-state index is 12.4. The van der Waals surface area contributed by atoms with E-state index in [2.05, 4.69) is 5.32 Å². The third-order valence-corrected chi connectivity index (χ3v) is 5.11. The van der Waals surface area contributed by atoms with Gasteiger partial charge in [-0.15, -0.1) is 0 Å². The topological polar surface area (TPSA) is 51.5 Å². The van der Waals surface area contributed by atoms with Crippen LogP contribution in [0.15, 0.2) is 34.7 Å². The Kier molecular flexibility index (Phi) is 3.00. The molecule has 1 saturated carbocycles. The van der Waals surface area contributed by atoms with Crippen molar-refractivity contribution in [3.05, 3.63) is 36.1 Å². The van der Waals surface area contributed by atoms with E-state index in [0.717, 1.165) is 43.4 Å². The third-order valence-electron chi connectivity index (χ3n) is 5.11. The second-order valence-corrected chi connectivity index (χ2v) is 6.19. The van der Waals surface area contributed by atoms with Crippen molar-refractivity contribution in [1.29, 1.82) is 0 Å². The van der Waals surface area contributed by atoms with Crippen molar-refractivity contribution in [2.24, 2.45) is 5.41 Å². The smallest absolute Gasteiger partial charge is 0.287 e. The first-order valence-electron chi connectivity index (χ1n) is 7.64. The number of nitrogens with one attached hydrogen (secondary N) is 1. The standard InChI is InChI=1S/C17H19NO3/c19-16(14-11-12-3-1-2-4-13(12)21-14)18-15-5-6-17(15)7-9-20-10-8-17/h1-4,11,15H,5-10H2,(H,18,19). The fourth-order valence-corrected chi connectivity index (χ4v) is 3.62. The van der Waals surface area contributed by atoms with Crippen LogP contribution in [0, 0.1) is 5.41 Å². The minimum atomic E-state index is -0.0956. The Labute approximate surface area is 123 Å². The summed E-state index contributed by atoms with van der Waals surface area (Å²) >= 11 is 0. The van der Waals surface area contributed by atoms with Gasteiger partial charge in [-0.1, -0.05) is 18.2 Å². The summed E-state index contributed by atoms with van der Waals surface area (Å²) in [5, 5.41) is 4.14. The van der Waals surface area contributed by atoms with E-state index < -0.39 is 0 Å². The number of fused-ring (bicyclic) bond motifs is 1. The Morgan fingerprint density at radius 3 is 2.71 bits per heavy atom. The molecule has 1 aromatic heterocycles. The number of carbonyl (C=O) groups excluding carboxylic acids is 1. The molecule has 110 valence electrons. The van der Waals surface area contributed by atoms with Gasteiger partial charge in [0.2, 0.25) is 0 Å². The van der Waals surface area contributed by atoms with Crippen molar-refractivity contribution in [3.63, 3.8) is 0 Å². The van der Waals surface area contributed by atoms with Gasteiger partial charge >= 0.3 is 0 Å². The first kappa shape index (κ1) is 12.9. The van der Waals surface area contributed by atoms with E-state index in [-0.39, 0.29) is 17.4 Å². The molecule has 1 atom stereocenters. The zero-order valence-electron chi connectivity index (χ0n) is 11.9. The number of para-hydroxylation sites is 1. The Hall–Kier alpha value is -1.81. The van der Waals surface area contributed by atoms with Gasteiger partial charge in [-0.25, -0.2) is 0 Å². The molecule has 1 N–H and O–H groups in total. The number of ether oxygens (including phenoxy) is 1. The van der Waals surface area contributed by atoms with E-state index in [1.54, 1.807) is 0 Å². The number of benzene rings is 1. The van der Waals surface area contributed by atoms with Crippen LogP contribution in [-0.4, -0.2) is 25.2 Å². The van der Waals surface area contributed by atoms with E-state index in [1.807, 2.05) is 30.3 Å². The molecule has 2 aliphatic rings. The lowest BCUT2D eigenvalue weighted by atomic mass is 9.60. The lowest BCUT2D eigenvalue weighted by molar-refractivity contribution is -0.0524. The van der Waals surface area contributed by atoms with E-state index in [1.165, 1.54) is 6.42 Å². The van der Waals surface area contributed by atoms with Gasteiger partial charge in [0.1, 0.15) is 5.58 Å². The number of carbonyl (C=O) groups is 1. The minimum absolute atomic E-state index is 0.0956. The van der Waals surface area contributed by atoms with Crippen molar-refractivity contribution >= 4 is 16.9 Å². The summed E-state index contributed by atoms with van der Waals surface area (Å²) in [6.45, 7) is 1.63. The summed E-state index contributed by atoms with van der Waals surface area (Å²) in [6, 6.07) is 9.79. The second kappa shape index (κ2) is 4.88. The molecule has 1 saturated heterocycles. The van der Waals surface area contributed by atoms with Gasteiger partial charge in [0.25, 0.3) is 5.91 Å². The summed E-state index contributed by atoms with van der Waals surface area (Å²) in [5.74, 6) is 0.312. The van der Waals surface area contributed by atoms with Gasteiger partial charge in [-0.3, -0.25) is 4.79 Å². The molecule has 2 heterocycles. The van der Waals surface area contributed by atoms with E-state index in [9.17, 15) is 4.79 Å². The van der Waals surface area contributed by atoms with E-state index in [0.29, 0.717) is 5.76 Å². The molecule has 2 fully saturated rings. The van der Waals surface area contributed by atoms with Gasteiger partial charge < -0.3 is 14.5 Å². The molecule has 1 aromatic carbocycles. The van der Waals surface area contributed by atoms with E-state index in [4.69, 9.17) is 9.15 Å². The quantitative estimate of drug-likeness (QED) is 0.922. The number of rotatable bonds is 2. The fraction of sp³-hybridized carbons (Fsp3) is 0.471. The van der Waals surface area contributed by atoms with Crippen LogP contribution in [0.3, 0.4) is 0 Å². The molecule has 1 aliphatic carbocycles. The summed E-state index contributed by atoms with van der Waals surface area (Å²) in [6.07, 6.45) is 4.36. The average molecular weight is 285 g/mol. The summed E-state index contributed by atoms with van der Waals surface area (Å²) < 4.78 is 11.1. The SMILES string of the molecule is O=C(NC1CCC12CCOCC2)c1cc2ccccc2o1. The van der Waals surface area contributed by atoms with Crippen molar-refractivity contribution in [2.45, 2.75) is 31.7 Å². The Bertz CT molecular complexity index is 636. The lowest BCUT2D eigenvalue weighted by Gasteiger charge is -2.51. The Morgan fingerprint density at radius 2 is 2.00 bits per heavy atom. The molecule has 1 amide bonds. The Balaban J connectivity index is 1.50. The van der Waals surface area contributed by atoms with Crippen LogP contribution in [-0.2, 0) is 4.74 Å². The van der Waals surface area contributed by atoms with Crippen LogP contribution in [0.2, 0.25) is 0 Å². The van der Waals surface area contributed by atoms with Gasteiger partial charge in [-0.2, -0.15) is 0 Å². The summed E-state index contributed by atoms with van der Waals surface area (Å²) in [5.41, 5.74) is 1.02. The molecule has 1 aliphatic heterocycles. The molecular formula is C17H19NO3. The first-order chi connectivity index (χ1) is 10.3. The molecule has 2 aromatic rings. The predicted molar refractivity (Wildman–Crippen MR) is 79.2 cm³/mol. The zero-order valence-corrected chi connectivity index (χ0v) is 11.9. The highest BCUT2D eigenvalue weighted by molar-refractivity contribution is 5.96. The number of furan rings is 1. The zero-order chi connectivity index (χ0) is 14.3. The molecule has 4 heteroatoms. The van der Waals surface area contributed by atoms with Crippen LogP contribution in [0.4, 0.5) is 0 Å².